The Morgan fingerprint density at radius 3 is 1.86 bits per heavy atom. The molecule has 186 valence electrons. The van der Waals surface area contributed by atoms with E-state index in [9.17, 15) is 19.8 Å². The number of ether oxygens (including phenoxy) is 1. The zero-order valence-corrected chi connectivity index (χ0v) is 20.4. The number of aromatic hydroxyl groups is 2. The summed E-state index contributed by atoms with van der Waals surface area (Å²) >= 11 is 0. The van der Waals surface area contributed by atoms with Gasteiger partial charge in [0.2, 0.25) is 0 Å². The van der Waals surface area contributed by atoms with Crippen LogP contribution in [0, 0.1) is 0 Å². The maximum Gasteiger partial charge on any atom is 0.258 e. The van der Waals surface area contributed by atoms with Crippen molar-refractivity contribution in [3.8, 4) is 17.2 Å². The highest BCUT2D eigenvalue weighted by Gasteiger charge is 2.30. The predicted molar refractivity (Wildman–Crippen MR) is 134 cm³/mol. The van der Waals surface area contributed by atoms with E-state index in [0.717, 1.165) is 40.6 Å². The monoisotopic (exact) mass is 487 g/mol. The van der Waals surface area contributed by atoms with Crippen LogP contribution < -0.4 is 4.74 Å². The first kappa shape index (κ1) is 23.7. The van der Waals surface area contributed by atoms with Crippen LogP contribution in [0.5, 0.6) is 17.2 Å². The first-order valence-electron chi connectivity index (χ1n) is 11.9. The van der Waals surface area contributed by atoms with Crippen molar-refractivity contribution in [1.29, 1.82) is 0 Å². The summed E-state index contributed by atoms with van der Waals surface area (Å²) in [5, 5.41) is 20.9. The topological polar surface area (TPSA) is 93.6 Å². The molecule has 8 nitrogen and oxygen atoms in total. The molecule has 0 aliphatic carbocycles. The van der Waals surface area contributed by atoms with Gasteiger partial charge in [0, 0.05) is 38.8 Å². The lowest BCUT2D eigenvalue weighted by atomic mass is 10.1. The van der Waals surface area contributed by atoms with E-state index < -0.39 is 5.91 Å². The molecule has 2 heterocycles. The van der Waals surface area contributed by atoms with E-state index in [1.807, 2.05) is 61.5 Å². The van der Waals surface area contributed by atoms with Crippen LogP contribution in [-0.4, -0.2) is 64.0 Å². The smallest absolute Gasteiger partial charge is 0.258 e. The zero-order valence-electron chi connectivity index (χ0n) is 20.4. The van der Waals surface area contributed by atoms with Gasteiger partial charge in [-0.25, -0.2) is 0 Å². The van der Waals surface area contributed by atoms with E-state index >= 15 is 0 Å². The Morgan fingerprint density at radius 1 is 0.778 bits per heavy atom. The maximum absolute atomic E-state index is 13.4. The van der Waals surface area contributed by atoms with Crippen LogP contribution in [0.2, 0.25) is 0 Å². The van der Waals surface area contributed by atoms with Gasteiger partial charge in [0.1, 0.15) is 23.9 Å². The minimum Gasteiger partial charge on any atom is -0.507 e. The molecule has 0 bridgehead atoms. The van der Waals surface area contributed by atoms with Crippen molar-refractivity contribution in [2.75, 3.05) is 27.2 Å². The molecule has 2 amide bonds. The Hall–Kier alpha value is -4.04. The molecule has 0 fully saturated rings. The quantitative estimate of drug-likeness (QED) is 0.554. The van der Waals surface area contributed by atoms with Crippen molar-refractivity contribution >= 4 is 11.8 Å². The summed E-state index contributed by atoms with van der Waals surface area (Å²) in [6, 6.07) is 15.9. The predicted octanol–water partition coefficient (Wildman–Crippen LogP) is 3.35. The van der Waals surface area contributed by atoms with E-state index in [-0.39, 0.29) is 28.5 Å². The lowest BCUT2D eigenvalue weighted by Gasteiger charge is -2.19. The number of phenols is 2. The van der Waals surface area contributed by atoms with Gasteiger partial charge in [-0.05, 0) is 54.5 Å². The Labute approximate surface area is 209 Å². The number of carbonyl (C=O) groups excluding carboxylic acids is 2. The number of nitrogens with zero attached hydrogens (tertiary/aromatic N) is 3. The first-order valence-corrected chi connectivity index (χ1v) is 11.9. The van der Waals surface area contributed by atoms with Crippen molar-refractivity contribution in [2.45, 2.75) is 26.2 Å². The van der Waals surface area contributed by atoms with Crippen molar-refractivity contribution in [1.82, 2.24) is 14.7 Å². The molecule has 8 heteroatoms. The molecule has 2 aliphatic rings. The lowest BCUT2D eigenvalue weighted by Crippen LogP contribution is -2.28. The number of phenolic OH excluding ortho intramolecular Hbond substituents is 2. The van der Waals surface area contributed by atoms with Gasteiger partial charge in [-0.1, -0.05) is 30.3 Å². The van der Waals surface area contributed by atoms with Gasteiger partial charge >= 0.3 is 0 Å². The largest absolute Gasteiger partial charge is 0.507 e. The van der Waals surface area contributed by atoms with Crippen LogP contribution in [0.25, 0.3) is 0 Å². The second kappa shape index (κ2) is 9.54. The molecule has 36 heavy (non-hydrogen) atoms. The molecule has 0 unspecified atom stereocenters. The van der Waals surface area contributed by atoms with Crippen LogP contribution in [-0.2, 0) is 26.2 Å². The maximum atomic E-state index is 13.4. The van der Waals surface area contributed by atoms with Gasteiger partial charge in [0.05, 0.1) is 11.1 Å². The summed E-state index contributed by atoms with van der Waals surface area (Å²) in [7, 11) is 3.97. The number of amides is 2. The molecule has 3 aromatic carbocycles. The van der Waals surface area contributed by atoms with Gasteiger partial charge < -0.3 is 29.6 Å². The van der Waals surface area contributed by atoms with Crippen molar-refractivity contribution in [3.63, 3.8) is 0 Å². The summed E-state index contributed by atoms with van der Waals surface area (Å²) in [5.41, 5.74) is 4.09. The third-order valence-corrected chi connectivity index (χ3v) is 6.70. The highest BCUT2D eigenvalue weighted by Crippen LogP contribution is 2.34. The Kier molecular flexibility index (Phi) is 6.28. The molecular formula is C28H29N3O5. The van der Waals surface area contributed by atoms with Gasteiger partial charge in [0.15, 0.2) is 0 Å². The van der Waals surface area contributed by atoms with Crippen LogP contribution >= 0.6 is 0 Å². The van der Waals surface area contributed by atoms with E-state index in [1.165, 1.54) is 6.07 Å². The van der Waals surface area contributed by atoms with Crippen molar-refractivity contribution < 1.29 is 24.5 Å². The molecule has 0 saturated carbocycles. The summed E-state index contributed by atoms with van der Waals surface area (Å²) in [6.07, 6.45) is 0. The number of hydrogen-bond acceptors (Lipinski definition) is 6. The van der Waals surface area contributed by atoms with E-state index in [1.54, 1.807) is 9.80 Å². The lowest BCUT2D eigenvalue weighted by molar-refractivity contribution is 0.0745. The number of benzene rings is 3. The minimum atomic E-state index is -0.405. The molecule has 0 radical (unpaired) electrons. The van der Waals surface area contributed by atoms with Crippen LogP contribution in [0.1, 0.15) is 43.0 Å². The van der Waals surface area contributed by atoms with Crippen LogP contribution in [0.4, 0.5) is 0 Å². The van der Waals surface area contributed by atoms with Gasteiger partial charge in [-0.15, -0.1) is 0 Å². The molecule has 2 aliphatic heterocycles. The molecular weight excluding hydrogens is 458 g/mol. The highest BCUT2D eigenvalue weighted by atomic mass is 16.5. The summed E-state index contributed by atoms with van der Waals surface area (Å²) in [6.45, 7) is 2.97. The van der Waals surface area contributed by atoms with Crippen molar-refractivity contribution in [2.24, 2.45) is 0 Å². The van der Waals surface area contributed by atoms with Gasteiger partial charge in [-0.3, -0.25) is 9.59 Å². The number of likely N-dealkylation sites (N-methyl/N-ethyl adjacent to an activating group) is 1. The fourth-order valence-corrected chi connectivity index (χ4v) is 4.69. The minimum absolute atomic E-state index is 0.00255. The van der Waals surface area contributed by atoms with E-state index in [2.05, 4.69) is 0 Å². The summed E-state index contributed by atoms with van der Waals surface area (Å²) in [4.78, 5) is 31.9. The second-order valence-corrected chi connectivity index (χ2v) is 9.56. The third kappa shape index (κ3) is 4.59. The second-order valence-electron chi connectivity index (χ2n) is 9.56. The zero-order chi connectivity index (χ0) is 25.4. The fourth-order valence-electron chi connectivity index (χ4n) is 4.69. The molecule has 2 N–H and O–H groups in total. The molecule has 0 spiro atoms. The third-order valence-electron chi connectivity index (χ3n) is 6.70. The molecule has 0 atom stereocenters. The standard InChI is InChI=1S/C28H29N3O5/c1-29(2)9-10-36-22-8-7-20-16-31(17-21(20)11-22)28(35)24-12-23(25(32)13-26(24)33)27(34)30-14-18-5-3-4-6-19(18)15-30/h3-8,11-13,32-33H,9-10,14-17H2,1-2H3. The number of fused-ring (bicyclic) bond motifs is 2. The normalized spacial score (nSPS) is 14.2. The average Bonchev–Trinajstić information content (AvgIpc) is 3.47. The van der Waals surface area contributed by atoms with Crippen LogP contribution in [0.3, 0.4) is 0 Å². The Morgan fingerprint density at radius 2 is 1.31 bits per heavy atom. The first-order chi connectivity index (χ1) is 17.3. The van der Waals surface area contributed by atoms with Crippen LogP contribution in [0.15, 0.2) is 54.6 Å². The number of carbonyl (C=O) groups is 2. The number of hydrogen-bond donors (Lipinski definition) is 2. The Bertz CT molecular complexity index is 1310. The van der Waals surface area contributed by atoms with E-state index in [0.29, 0.717) is 32.8 Å². The summed E-state index contributed by atoms with van der Waals surface area (Å²) < 4.78 is 5.81. The van der Waals surface area contributed by atoms with Crippen molar-refractivity contribution in [3.05, 3.63) is 88.0 Å². The summed E-state index contributed by atoms with van der Waals surface area (Å²) in [5.74, 6) is -0.756. The average molecular weight is 488 g/mol. The Balaban J connectivity index is 1.32. The fraction of sp³-hybridized carbons (Fsp3) is 0.286. The van der Waals surface area contributed by atoms with Gasteiger partial charge in [-0.2, -0.15) is 0 Å². The SMILES string of the molecule is CN(C)CCOc1ccc2c(c1)CN(C(=O)c1cc(C(=O)N3Cc4ccccc4C3)c(O)cc1O)C2. The molecule has 3 aromatic rings. The molecule has 0 aromatic heterocycles. The molecule has 5 rings (SSSR count). The van der Waals surface area contributed by atoms with Gasteiger partial charge in [0.25, 0.3) is 11.8 Å². The van der Waals surface area contributed by atoms with E-state index in [4.69, 9.17) is 4.74 Å². The number of rotatable bonds is 6. The molecule has 0 saturated heterocycles. The highest BCUT2D eigenvalue weighted by molar-refractivity contribution is 6.03.